The molecule has 0 saturated carbocycles. The number of carbonyl (C=O) groups excluding carboxylic acids is 1. The number of alkyl halides is 3. The van der Waals surface area contributed by atoms with Gasteiger partial charge in [-0.2, -0.15) is 18.3 Å². The molecule has 1 saturated heterocycles. The smallest absolute Gasteiger partial charge is 0.337 e. The van der Waals surface area contributed by atoms with E-state index in [-0.39, 0.29) is 11.8 Å². The Morgan fingerprint density at radius 1 is 1.57 bits per heavy atom. The molecular formula is C13H19F3N4O. The van der Waals surface area contributed by atoms with Crippen molar-refractivity contribution < 1.29 is 18.0 Å². The van der Waals surface area contributed by atoms with Crippen LogP contribution in [0.5, 0.6) is 0 Å². The fourth-order valence-corrected chi connectivity index (χ4v) is 2.64. The molecule has 118 valence electrons. The molecule has 0 bridgehead atoms. The fraction of sp³-hybridized carbons (Fsp3) is 0.692. The van der Waals surface area contributed by atoms with Crippen LogP contribution in [0, 0.1) is 5.92 Å². The topological polar surface area (TPSA) is 52.2 Å². The van der Waals surface area contributed by atoms with Gasteiger partial charge in [-0.25, -0.2) is 0 Å². The molecule has 1 aromatic rings. The van der Waals surface area contributed by atoms with Crippen LogP contribution in [0.1, 0.15) is 23.8 Å². The van der Waals surface area contributed by atoms with Gasteiger partial charge in [0.15, 0.2) is 0 Å². The minimum Gasteiger partial charge on any atom is -0.337 e. The number of nitrogens with zero attached hydrogens (tertiary/aromatic N) is 3. The molecule has 1 atom stereocenters. The van der Waals surface area contributed by atoms with Gasteiger partial charge in [-0.3, -0.25) is 14.8 Å². The first-order valence-electron chi connectivity index (χ1n) is 6.97. The first kappa shape index (κ1) is 15.8. The van der Waals surface area contributed by atoms with E-state index in [2.05, 4.69) is 10.2 Å². The molecule has 21 heavy (non-hydrogen) atoms. The molecule has 0 aromatic carbocycles. The van der Waals surface area contributed by atoms with Crippen LogP contribution in [-0.4, -0.2) is 64.8 Å². The van der Waals surface area contributed by atoms with E-state index in [1.54, 1.807) is 17.9 Å². The minimum absolute atomic E-state index is 0.0826. The molecule has 1 N–H and O–H groups in total. The van der Waals surface area contributed by atoms with E-state index in [0.29, 0.717) is 31.9 Å². The van der Waals surface area contributed by atoms with Crippen molar-refractivity contribution in [3.63, 3.8) is 0 Å². The largest absolute Gasteiger partial charge is 0.401 e. The van der Waals surface area contributed by atoms with Crippen molar-refractivity contribution in [1.82, 2.24) is 20.0 Å². The van der Waals surface area contributed by atoms with Crippen molar-refractivity contribution in [2.24, 2.45) is 5.92 Å². The molecule has 1 aromatic heterocycles. The molecule has 1 fully saturated rings. The molecule has 8 heteroatoms. The van der Waals surface area contributed by atoms with E-state index in [1.807, 2.05) is 0 Å². The summed E-state index contributed by atoms with van der Waals surface area (Å²) in [7, 11) is 0. The summed E-state index contributed by atoms with van der Waals surface area (Å²) in [6.07, 6.45) is -1.95. The predicted octanol–water partition coefficient (Wildman–Crippen LogP) is 1.76. The average Bonchev–Trinajstić information content (AvgIpc) is 3.06. The van der Waals surface area contributed by atoms with E-state index in [4.69, 9.17) is 0 Å². The fourth-order valence-electron chi connectivity index (χ4n) is 2.64. The van der Waals surface area contributed by atoms with Crippen LogP contribution in [-0.2, 0) is 0 Å². The van der Waals surface area contributed by atoms with E-state index in [0.717, 1.165) is 6.42 Å². The van der Waals surface area contributed by atoms with E-state index in [9.17, 15) is 18.0 Å². The van der Waals surface area contributed by atoms with Crippen molar-refractivity contribution in [3.05, 3.63) is 18.0 Å². The van der Waals surface area contributed by atoms with Crippen LogP contribution in [0.4, 0.5) is 13.2 Å². The summed E-state index contributed by atoms with van der Waals surface area (Å²) in [6.45, 7) is 2.61. The first-order chi connectivity index (χ1) is 9.89. The zero-order valence-electron chi connectivity index (χ0n) is 11.9. The van der Waals surface area contributed by atoms with Crippen LogP contribution in [0.3, 0.4) is 0 Å². The molecule has 2 rings (SSSR count). The lowest BCUT2D eigenvalue weighted by molar-refractivity contribution is -0.146. The number of aromatic nitrogens is 2. The number of amides is 1. The number of aromatic amines is 1. The van der Waals surface area contributed by atoms with Crippen LogP contribution in [0.25, 0.3) is 0 Å². The van der Waals surface area contributed by atoms with Gasteiger partial charge in [0.25, 0.3) is 5.91 Å². The third-order valence-electron chi connectivity index (χ3n) is 3.67. The molecular weight excluding hydrogens is 285 g/mol. The van der Waals surface area contributed by atoms with Gasteiger partial charge >= 0.3 is 6.18 Å². The molecule has 1 aliphatic heterocycles. The lowest BCUT2D eigenvalue weighted by Crippen LogP contribution is -2.38. The maximum Gasteiger partial charge on any atom is 0.401 e. The molecule has 2 heterocycles. The molecule has 0 radical (unpaired) electrons. The van der Waals surface area contributed by atoms with Gasteiger partial charge in [0.2, 0.25) is 0 Å². The molecule has 1 aliphatic rings. The summed E-state index contributed by atoms with van der Waals surface area (Å²) < 4.78 is 37.3. The highest BCUT2D eigenvalue weighted by molar-refractivity contribution is 5.92. The number of likely N-dealkylation sites (tertiary alicyclic amines) is 1. The highest BCUT2D eigenvalue weighted by Gasteiger charge is 2.33. The standard InChI is InChI=1S/C13H19F3N4O/c1-2-19(9-13(14,15)16)7-10-4-6-20(8-10)12(21)11-3-5-17-18-11/h3,5,10H,2,4,6-9H2,1H3,(H,17,18). The number of rotatable bonds is 5. The van der Waals surface area contributed by atoms with Crippen molar-refractivity contribution >= 4 is 5.91 Å². The van der Waals surface area contributed by atoms with Crippen LogP contribution in [0.15, 0.2) is 12.3 Å². The summed E-state index contributed by atoms with van der Waals surface area (Å²) in [6, 6.07) is 1.59. The molecule has 5 nitrogen and oxygen atoms in total. The Hall–Kier alpha value is -1.57. The maximum atomic E-state index is 12.4. The van der Waals surface area contributed by atoms with Crippen molar-refractivity contribution in [1.29, 1.82) is 0 Å². The summed E-state index contributed by atoms with van der Waals surface area (Å²) in [4.78, 5) is 15.1. The monoisotopic (exact) mass is 304 g/mol. The van der Waals surface area contributed by atoms with Crippen molar-refractivity contribution in [2.75, 3.05) is 32.7 Å². The maximum absolute atomic E-state index is 12.4. The summed E-state index contributed by atoms with van der Waals surface area (Å²) in [5.74, 6) is -0.0620. The van der Waals surface area contributed by atoms with Gasteiger partial charge in [-0.1, -0.05) is 6.92 Å². The summed E-state index contributed by atoms with van der Waals surface area (Å²) in [5.41, 5.74) is 0.415. The lowest BCUT2D eigenvalue weighted by atomic mass is 10.1. The average molecular weight is 304 g/mol. The number of hydrogen-bond donors (Lipinski definition) is 1. The summed E-state index contributed by atoms with van der Waals surface area (Å²) >= 11 is 0. The van der Waals surface area contributed by atoms with Gasteiger partial charge in [0.05, 0.1) is 6.54 Å². The van der Waals surface area contributed by atoms with Crippen molar-refractivity contribution in [3.8, 4) is 0 Å². The molecule has 1 unspecified atom stereocenters. The second-order valence-corrected chi connectivity index (χ2v) is 5.32. The van der Waals surface area contributed by atoms with E-state index in [1.165, 1.54) is 11.1 Å². The zero-order chi connectivity index (χ0) is 15.5. The Morgan fingerprint density at radius 2 is 2.33 bits per heavy atom. The Bertz CT molecular complexity index is 460. The quantitative estimate of drug-likeness (QED) is 0.902. The van der Waals surface area contributed by atoms with Crippen LogP contribution >= 0.6 is 0 Å². The Kier molecular flexibility index (Phi) is 4.87. The van der Waals surface area contributed by atoms with E-state index >= 15 is 0 Å². The van der Waals surface area contributed by atoms with Crippen LogP contribution < -0.4 is 0 Å². The van der Waals surface area contributed by atoms with Crippen molar-refractivity contribution in [2.45, 2.75) is 19.5 Å². The number of H-pyrrole nitrogens is 1. The molecule has 0 aliphatic carbocycles. The van der Waals surface area contributed by atoms with Gasteiger partial charge in [0.1, 0.15) is 5.69 Å². The third kappa shape index (κ3) is 4.45. The second-order valence-electron chi connectivity index (χ2n) is 5.32. The SMILES string of the molecule is CCN(CC1CCN(C(=O)c2ccn[nH]2)C1)CC(F)(F)F. The zero-order valence-corrected chi connectivity index (χ0v) is 11.9. The van der Waals surface area contributed by atoms with Gasteiger partial charge in [-0.05, 0) is 24.9 Å². The molecule has 1 amide bonds. The summed E-state index contributed by atoms with van der Waals surface area (Å²) in [5, 5.41) is 6.34. The van der Waals surface area contributed by atoms with E-state index < -0.39 is 12.7 Å². The number of halogens is 3. The Morgan fingerprint density at radius 3 is 2.90 bits per heavy atom. The lowest BCUT2D eigenvalue weighted by Gasteiger charge is -2.25. The number of carbonyl (C=O) groups is 1. The number of nitrogens with one attached hydrogen (secondary N) is 1. The normalized spacial score (nSPS) is 19.5. The van der Waals surface area contributed by atoms with Gasteiger partial charge in [0, 0.05) is 25.8 Å². The highest BCUT2D eigenvalue weighted by atomic mass is 19.4. The van der Waals surface area contributed by atoms with Gasteiger partial charge in [-0.15, -0.1) is 0 Å². The minimum atomic E-state index is -4.18. The van der Waals surface area contributed by atoms with Crippen LogP contribution in [0.2, 0.25) is 0 Å². The molecule has 0 spiro atoms. The first-order valence-corrected chi connectivity index (χ1v) is 6.97. The van der Waals surface area contributed by atoms with Gasteiger partial charge < -0.3 is 4.90 Å². The highest BCUT2D eigenvalue weighted by Crippen LogP contribution is 2.22. The Balaban J connectivity index is 1.86. The second kappa shape index (κ2) is 6.46. The Labute approximate surface area is 121 Å². The number of hydrogen-bond acceptors (Lipinski definition) is 3. The predicted molar refractivity (Wildman–Crippen MR) is 70.8 cm³/mol. The third-order valence-corrected chi connectivity index (χ3v) is 3.67.